The van der Waals surface area contributed by atoms with Gasteiger partial charge in [-0.1, -0.05) is 66.4 Å². The monoisotopic (exact) mass is 502 g/mol. The smallest absolute Gasteiger partial charge is 0.302 e. The number of carbonyl (C=O) groups is 2. The summed E-state index contributed by atoms with van der Waals surface area (Å²) in [5, 5.41) is 0.391. The van der Waals surface area contributed by atoms with Gasteiger partial charge in [-0.2, -0.15) is 0 Å². The number of Topliss-reactive ketones (excluding diaryl/α,β-unsaturated/α-hetero) is 1. The first-order valence-electron chi connectivity index (χ1n) is 11.4. The van der Waals surface area contributed by atoms with Crippen molar-refractivity contribution in [3.8, 4) is 5.75 Å². The van der Waals surface area contributed by atoms with E-state index in [2.05, 4.69) is 0 Å². The van der Waals surface area contributed by atoms with E-state index >= 15 is 0 Å². The molecule has 0 fully saturated rings. The second kappa shape index (κ2) is 11.2. The molecule has 7 nitrogen and oxygen atoms in total. The summed E-state index contributed by atoms with van der Waals surface area (Å²) in [5.74, 6) is 0.135. The van der Waals surface area contributed by atoms with Gasteiger partial charge >= 0.3 is 5.97 Å². The van der Waals surface area contributed by atoms with E-state index in [0.29, 0.717) is 27.4 Å². The van der Waals surface area contributed by atoms with Gasteiger partial charge in [0.2, 0.25) is 0 Å². The second-order valence-electron chi connectivity index (χ2n) is 8.21. The summed E-state index contributed by atoms with van der Waals surface area (Å²) in [7, 11) is 1.67. The molecule has 8 heteroatoms. The Morgan fingerprint density at radius 2 is 1.69 bits per heavy atom. The maximum absolute atomic E-state index is 13.6. The van der Waals surface area contributed by atoms with Crippen molar-refractivity contribution in [2.75, 3.05) is 13.2 Å². The van der Waals surface area contributed by atoms with E-state index in [1.54, 1.807) is 31.3 Å². The molecule has 0 spiro atoms. The molecule has 184 valence electrons. The highest BCUT2D eigenvalue weighted by atomic mass is 32.2. The lowest BCUT2D eigenvalue weighted by Crippen LogP contribution is -2.22. The molecular formula is C28H26N2O5S. The Kier molecular flexibility index (Phi) is 7.85. The molecule has 0 aliphatic heterocycles. The molecule has 4 aromatic rings. The standard InChI is InChI=1S/C28H26N2O5S/c1-18-8-7-11-23-24(18)27(33)30(3)28(29-23)36-26(25(32)20-9-5-4-6-10-20)21-12-14-22(15-13-21)35-17-16-34-19(2)31/h4-15,26H,16-17H2,1-3H3. The molecule has 0 N–H and O–H groups in total. The third-order valence-corrected chi connectivity index (χ3v) is 6.93. The number of ether oxygens (including phenoxy) is 2. The van der Waals surface area contributed by atoms with Crippen molar-refractivity contribution >= 4 is 34.4 Å². The highest BCUT2D eigenvalue weighted by molar-refractivity contribution is 8.00. The molecular weight excluding hydrogens is 476 g/mol. The molecule has 0 saturated heterocycles. The molecule has 3 aromatic carbocycles. The molecule has 0 amide bonds. The summed E-state index contributed by atoms with van der Waals surface area (Å²) >= 11 is 1.24. The van der Waals surface area contributed by atoms with Gasteiger partial charge < -0.3 is 9.47 Å². The Morgan fingerprint density at radius 3 is 2.39 bits per heavy atom. The van der Waals surface area contributed by atoms with Crippen LogP contribution in [0.3, 0.4) is 0 Å². The largest absolute Gasteiger partial charge is 0.490 e. The lowest BCUT2D eigenvalue weighted by Gasteiger charge is -2.18. The lowest BCUT2D eigenvalue weighted by molar-refractivity contribution is -0.141. The summed E-state index contributed by atoms with van der Waals surface area (Å²) in [6.45, 7) is 3.61. The fraction of sp³-hybridized carbons (Fsp3) is 0.214. The van der Waals surface area contributed by atoms with E-state index in [1.807, 2.05) is 55.5 Å². The maximum Gasteiger partial charge on any atom is 0.302 e. The van der Waals surface area contributed by atoms with Crippen LogP contribution in [0.1, 0.15) is 33.7 Å². The van der Waals surface area contributed by atoms with Crippen molar-refractivity contribution < 1.29 is 19.1 Å². The first kappa shape index (κ1) is 25.2. The van der Waals surface area contributed by atoms with Crippen LogP contribution in [-0.2, 0) is 16.6 Å². The number of esters is 1. The van der Waals surface area contributed by atoms with Gasteiger partial charge in [0, 0.05) is 19.5 Å². The maximum atomic E-state index is 13.6. The summed E-state index contributed by atoms with van der Waals surface area (Å²) in [6.07, 6.45) is 0. The van der Waals surface area contributed by atoms with Crippen molar-refractivity contribution in [3.05, 3.63) is 99.8 Å². The van der Waals surface area contributed by atoms with Gasteiger partial charge in [-0.25, -0.2) is 4.98 Å². The van der Waals surface area contributed by atoms with Crippen LogP contribution in [0.25, 0.3) is 10.9 Å². The van der Waals surface area contributed by atoms with E-state index < -0.39 is 5.25 Å². The van der Waals surface area contributed by atoms with Crippen LogP contribution in [0, 0.1) is 6.92 Å². The minimum absolute atomic E-state index is 0.0947. The molecule has 4 rings (SSSR count). The Morgan fingerprint density at radius 1 is 0.972 bits per heavy atom. The van der Waals surface area contributed by atoms with Crippen molar-refractivity contribution in [2.45, 2.75) is 24.3 Å². The van der Waals surface area contributed by atoms with E-state index in [-0.39, 0.29) is 30.5 Å². The number of nitrogens with zero attached hydrogens (tertiary/aromatic N) is 2. The number of fused-ring (bicyclic) bond motifs is 1. The lowest BCUT2D eigenvalue weighted by atomic mass is 10.0. The van der Waals surface area contributed by atoms with Gasteiger partial charge in [0.1, 0.15) is 24.2 Å². The van der Waals surface area contributed by atoms with Gasteiger partial charge in [-0.05, 0) is 36.2 Å². The number of hydrogen-bond acceptors (Lipinski definition) is 7. The molecule has 1 atom stereocenters. The number of carbonyl (C=O) groups excluding carboxylic acids is 2. The fourth-order valence-electron chi connectivity index (χ4n) is 3.78. The average molecular weight is 503 g/mol. The van der Waals surface area contributed by atoms with E-state index in [4.69, 9.17) is 14.5 Å². The summed E-state index contributed by atoms with van der Waals surface area (Å²) in [4.78, 5) is 42.4. The number of aryl methyl sites for hydroxylation is 1. The minimum atomic E-state index is -0.636. The Hall–Kier alpha value is -3.91. The van der Waals surface area contributed by atoms with Crippen molar-refractivity contribution in [2.24, 2.45) is 7.05 Å². The predicted octanol–water partition coefficient (Wildman–Crippen LogP) is 4.90. The van der Waals surface area contributed by atoms with Gasteiger partial charge in [0.05, 0.1) is 10.9 Å². The zero-order valence-corrected chi connectivity index (χ0v) is 21.1. The molecule has 0 saturated carbocycles. The van der Waals surface area contributed by atoms with E-state index in [1.165, 1.54) is 23.3 Å². The number of hydrogen-bond donors (Lipinski definition) is 0. The molecule has 1 aromatic heterocycles. The quantitative estimate of drug-likeness (QED) is 0.106. The first-order valence-corrected chi connectivity index (χ1v) is 12.3. The van der Waals surface area contributed by atoms with Crippen LogP contribution >= 0.6 is 11.8 Å². The molecule has 0 radical (unpaired) electrons. The van der Waals surface area contributed by atoms with Crippen molar-refractivity contribution in [1.29, 1.82) is 0 Å². The minimum Gasteiger partial charge on any atom is -0.490 e. The van der Waals surface area contributed by atoms with Gasteiger partial charge in [-0.15, -0.1) is 0 Å². The normalized spacial score (nSPS) is 11.8. The number of thioether (sulfide) groups is 1. The van der Waals surface area contributed by atoms with Crippen LogP contribution in [0.2, 0.25) is 0 Å². The first-order chi connectivity index (χ1) is 17.3. The average Bonchev–Trinajstić information content (AvgIpc) is 2.88. The Bertz CT molecular complexity index is 1450. The molecule has 1 unspecified atom stereocenters. The highest BCUT2D eigenvalue weighted by Crippen LogP contribution is 2.37. The molecule has 0 aliphatic rings. The zero-order chi connectivity index (χ0) is 25.7. The predicted molar refractivity (Wildman–Crippen MR) is 140 cm³/mol. The number of benzene rings is 3. The number of ketones is 1. The molecule has 0 bridgehead atoms. The van der Waals surface area contributed by atoms with Crippen LogP contribution in [0.15, 0.2) is 82.7 Å². The van der Waals surface area contributed by atoms with Crippen LogP contribution < -0.4 is 10.3 Å². The summed E-state index contributed by atoms with van der Waals surface area (Å²) in [5.41, 5.74) is 2.63. The van der Waals surface area contributed by atoms with E-state index in [0.717, 1.165) is 11.1 Å². The highest BCUT2D eigenvalue weighted by Gasteiger charge is 2.26. The van der Waals surface area contributed by atoms with Gasteiger partial charge in [-0.3, -0.25) is 19.0 Å². The third-order valence-electron chi connectivity index (χ3n) is 5.63. The van der Waals surface area contributed by atoms with Crippen LogP contribution in [0.5, 0.6) is 5.75 Å². The van der Waals surface area contributed by atoms with Crippen LogP contribution in [0.4, 0.5) is 0 Å². The van der Waals surface area contributed by atoms with Gasteiger partial charge in [0.15, 0.2) is 10.9 Å². The second-order valence-corrected chi connectivity index (χ2v) is 9.29. The van der Waals surface area contributed by atoms with Crippen molar-refractivity contribution in [3.63, 3.8) is 0 Å². The SMILES string of the molecule is CC(=O)OCCOc1ccc(C(Sc2nc3cccc(C)c3c(=O)n2C)C(=O)c2ccccc2)cc1. The Balaban J connectivity index is 1.67. The molecule has 1 heterocycles. The number of aromatic nitrogens is 2. The van der Waals surface area contributed by atoms with Crippen molar-refractivity contribution in [1.82, 2.24) is 9.55 Å². The topological polar surface area (TPSA) is 87.5 Å². The van der Waals surface area contributed by atoms with Crippen LogP contribution in [-0.4, -0.2) is 34.5 Å². The molecule has 36 heavy (non-hydrogen) atoms. The zero-order valence-electron chi connectivity index (χ0n) is 20.3. The summed E-state index contributed by atoms with van der Waals surface area (Å²) < 4.78 is 12.0. The third kappa shape index (κ3) is 5.66. The van der Waals surface area contributed by atoms with Gasteiger partial charge in [0.25, 0.3) is 5.56 Å². The molecule has 0 aliphatic carbocycles. The number of rotatable bonds is 9. The van der Waals surface area contributed by atoms with E-state index in [9.17, 15) is 14.4 Å². The Labute approximate surface area is 213 Å². The fourth-order valence-corrected chi connectivity index (χ4v) is 4.92. The summed E-state index contributed by atoms with van der Waals surface area (Å²) in [6, 6.07) is 21.8.